The van der Waals surface area contributed by atoms with Gasteiger partial charge in [-0.05, 0) is 42.3 Å². The molecule has 0 atom stereocenters. The second-order valence-corrected chi connectivity index (χ2v) is 4.59. The fourth-order valence-corrected chi connectivity index (χ4v) is 1.92. The van der Waals surface area contributed by atoms with E-state index in [0.717, 1.165) is 17.4 Å². The lowest BCUT2D eigenvalue weighted by Crippen LogP contribution is -2.26. The van der Waals surface area contributed by atoms with E-state index in [-0.39, 0.29) is 5.56 Å². The summed E-state index contributed by atoms with van der Waals surface area (Å²) in [6, 6.07) is 11.6. The van der Waals surface area contributed by atoms with Gasteiger partial charge in [0.15, 0.2) is 0 Å². The number of hydrogen-bond acceptors (Lipinski definition) is 3. The molecular formula is C16H17FN2O2. The van der Waals surface area contributed by atoms with E-state index in [4.69, 9.17) is 10.5 Å². The van der Waals surface area contributed by atoms with Crippen LogP contribution in [-0.4, -0.2) is 19.6 Å². The van der Waals surface area contributed by atoms with Crippen molar-refractivity contribution in [1.82, 2.24) is 5.32 Å². The molecule has 2 aromatic carbocycles. The second-order valence-electron chi connectivity index (χ2n) is 4.59. The summed E-state index contributed by atoms with van der Waals surface area (Å²) in [5.41, 5.74) is 6.80. The molecule has 110 valence electrons. The Kier molecular flexibility index (Phi) is 4.77. The highest BCUT2D eigenvalue weighted by atomic mass is 19.1. The molecular weight excluding hydrogens is 271 g/mol. The number of ether oxygens (including phenoxy) is 1. The molecule has 0 aliphatic heterocycles. The third kappa shape index (κ3) is 3.95. The molecule has 3 N–H and O–H groups in total. The van der Waals surface area contributed by atoms with Crippen LogP contribution in [-0.2, 0) is 6.42 Å². The maximum atomic E-state index is 13.6. The van der Waals surface area contributed by atoms with Gasteiger partial charge in [0.25, 0.3) is 5.91 Å². The molecule has 5 heteroatoms. The third-order valence-corrected chi connectivity index (χ3v) is 3.10. The first-order valence-corrected chi connectivity index (χ1v) is 6.56. The van der Waals surface area contributed by atoms with Crippen LogP contribution in [0.25, 0.3) is 0 Å². The van der Waals surface area contributed by atoms with Crippen LogP contribution in [0.3, 0.4) is 0 Å². The quantitative estimate of drug-likeness (QED) is 0.830. The zero-order valence-electron chi connectivity index (χ0n) is 11.7. The minimum absolute atomic E-state index is 0.000990. The normalized spacial score (nSPS) is 10.2. The lowest BCUT2D eigenvalue weighted by Gasteiger charge is -2.07. The molecule has 2 aromatic rings. The molecule has 4 nitrogen and oxygen atoms in total. The highest BCUT2D eigenvalue weighted by Gasteiger charge is 2.11. The molecule has 0 aliphatic rings. The van der Waals surface area contributed by atoms with E-state index in [0.29, 0.717) is 18.7 Å². The number of hydrogen-bond donors (Lipinski definition) is 2. The summed E-state index contributed by atoms with van der Waals surface area (Å²) in [6.45, 7) is 0.426. The minimum atomic E-state index is -0.614. The van der Waals surface area contributed by atoms with Gasteiger partial charge in [-0.15, -0.1) is 0 Å². The molecule has 0 fully saturated rings. The molecule has 0 bridgehead atoms. The van der Waals surface area contributed by atoms with Gasteiger partial charge in [-0.25, -0.2) is 4.39 Å². The first-order valence-electron chi connectivity index (χ1n) is 6.56. The standard InChI is InChI=1S/C16H17FN2O2/c1-21-13-5-2-11(3-6-13)8-9-19-16(20)14-7-4-12(18)10-15(14)17/h2-7,10H,8-9,18H2,1H3,(H,19,20). The number of halogens is 1. The third-order valence-electron chi connectivity index (χ3n) is 3.10. The average molecular weight is 288 g/mol. The molecule has 0 saturated carbocycles. The van der Waals surface area contributed by atoms with Gasteiger partial charge in [-0.3, -0.25) is 4.79 Å². The summed E-state index contributed by atoms with van der Waals surface area (Å²) in [7, 11) is 1.61. The number of methoxy groups -OCH3 is 1. The highest BCUT2D eigenvalue weighted by Crippen LogP contribution is 2.13. The second kappa shape index (κ2) is 6.74. The van der Waals surface area contributed by atoms with E-state index >= 15 is 0 Å². The van der Waals surface area contributed by atoms with Crippen LogP contribution >= 0.6 is 0 Å². The molecule has 0 heterocycles. The highest BCUT2D eigenvalue weighted by molar-refractivity contribution is 5.94. The van der Waals surface area contributed by atoms with Gasteiger partial charge in [0.05, 0.1) is 12.7 Å². The SMILES string of the molecule is COc1ccc(CCNC(=O)c2ccc(N)cc2F)cc1. The van der Waals surface area contributed by atoms with Crippen molar-refractivity contribution in [2.24, 2.45) is 0 Å². The van der Waals surface area contributed by atoms with E-state index in [1.54, 1.807) is 7.11 Å². The average Bonchev–Trinajstić information content (AvgIpc) is 2.47. The molecule has 0 radical (unpaired) electrons. The number of carbonyl (C=O) groups excluding carboxylic acids is 1. The van der Waals surface area contributed by atoms with Crippen molar-refractivity contribution < 1.29 is 13.9 Å². The number of nitrogens with two attached hydrogens (primary N) is 1. The lowest BCUT2D eigenvalue weighted by atomic mass is 10.1. The molecule has 0 spiro atoms. The molecule has 1 amide bonds. The summed E-state index contributed by atoms with van der Waals surface area (Å²) in [4.78, 5) is 11.9. The number of amides is 1. The van der Waals surface area contributed by atoms with Crippen LogP contribution in [0.2, 0.25) is 0 Å². The first kappa shape index (κ1) is 14.8. The number of benzene rings is 2. The Balaban J connectivity index is 1.88. The monoisotopic (exact) mass is 288 g/mol. The number of nitrogen functional groups attached to an aromatic ring is 1. The van der Waals surface area contributed by atoms with Crippen molar-refractivity contribution in [3.05, 3.63) is 59.4 Å². The summed E-state index contributed by atoms with van der Waals surface area (Å²) >= 11 is 0. The fraction of sp³-hybridized carbons (Fsp3) is 0.188. The molecule has 0 aromatic heterocycles. The van der Waals surface area contributed by atoms with Crippen molar-refractivity contribution >= 4 is 11.6 Å². The Morgan fingerprint density at radius 2 is 1.95 bits per heavy atom. The summed E-state index contributed by atoms with van der Waals surface area (Å²) in [5, 5.41) is 2.69. The Labute approximate surface area is 122 Å². The van der Waals surface area contributed by atoms with Crippen LogP contribution < -0.4 is 15.8 Å². The Hall–Kier alpha value is -2.56. The van der Waals surface area contributed by atoms with Crippen LogP contribution in [0.5, 0.6) is 5.75 Å². The largest absolute Gasteiger partial charge is 0.497 e. The predicted octanol–water partition coefficient (Wildman–Crippen LogP) is 2.39. The molecule has 0 aliphatic carbocycles. The van der Waals surface area contributed by atoms with E-state index in [1.807, 2.05) is 24.3 Å². The van der Waals surface area contributed by atoms with Gasteiger partial charge < -0.3 is 15.8 Å². The minimum Gasteiger partial charge on any atom is -0.497 e. The summed E-state index contributed by atoms with van der Waals surface area (Å²) in [6.07, 6.45) is 0.659. The Bertz CT molecular complexity index is 627. The van der Waals surface area contributed by atoms with Gasteiger partial charge in [0.1, 0.15) is 11.6 Å². The van der Waals surface area contributed by atoms with Crippen LogP contribution in [0.4, 0.5) is 10.1 Å². The fourth-order valence-electron chi connectivity index (χ4n) is 1.92. The number of nitrogens with one attached hydrogen (secondary N) is 1. The van der Waals surface area contributed by atoms with Gasteiger partial charge in [-0.2, -0.15) is 0 Å². The van der Waals surface area contributed by atoms with Crippen LogP contribution in [0.1, 0.15) is 15.9 Å². The topological polar surface area (TPSA) is 64.3 Å². The van der Waals surface area contributed by atoms with Crippen LogP contribution in [0, 0.1) is 5.82 Å². The maximum Gasteiger partial charge on any atom is 0.254 e. The van der Waals surface area contributed by atoms with E-state index in [9.17, 15) is 9.18 Å². The van der Waals surface area contributed by atoms with E-state index < -0.39 is 11.7 Å². The van der Waals surface area contributed by atoms with Crippen molar-refractivity contribution in [2.75, 3.05) is 19.4 Å². The number of rotatable bonds is 5. The van der Waals surface area contributed by atoms with Gasteiger partial charge in [-0.1, -0.05) is 12.1 Å². The van der Waals surface area contributed by atoms with E-state index in [1.165, 1.54) is 12.1 Å². The Morgan fingerprint density at radius 1 is 1.24 bits per heavy atom. The van der Waals surface area contributed by atoms with Crippen LogP contribution in [0.15, 0.2) is 42.5 Å². The summed E-state index contributed by atoms with van der Waals surface area (Å²) in [5.74, 6) is -0.273. The van der Waals surface area contributed by atoms with Crippen molar-refractivity contribution in [3.8, 4) is 5.75 Å². The van der Waals surface area contributed by atoms with E-state index in [2.05, 4.69) is 5.32 Å². The van der Waals surface area contributed by atoms with Gasteiger partial charge in [0, 0.05) is 12.2 Å². The molecule has 21 heavy (non-hydrogen) atoms. The first-order chi connectivity index (χ1) is 10.1. The lowest BCUT2D eigenvalue weighted by molar-refractivity contribution is 0.0950. The molecule has 2 rings (SSSR count). The van der Waals surface area contributed by atoms with Crippen molar-refractivity contribution in [2.45, 2.75) is 6.42 Å². The maximum absolute atomic E-state index is 13.6. The smallest absolute Gasteiger partial charge is 0.254 e. The predicted molar refractivity (Wildman–Crippen MR) is 79.8 cm³/mol. The Morgan fingerprint density at radius 3 is 2.57 bits per heavy atom. The zero-order chi connectivity index (χ0) is 15.2. The molecule has 0 unspecified atom stereocenters. The number of carbonyl (C=O) groups is 1. The molecule has 0 saturated heterocycles. The zero-order valence-corrected chi connectivity index (χ0v) is 11.7. The van der Waals surface area contributed by atoms with Gasteiger partial charge in [0.2, 0.25) is 0 Å². The van der Waals surface area contributed by atoms with Gasteiger partial charge >= 0.3 is 0 Å². The summed E-state index contributed by atoms with van der Waals surface area (Å²) < 4.78 is 18.7. The number of anilines is 1. The van der Waals surface area contributed by atoms with Crippen molar-refractivity contribution in [3.63, 3.8) is 0 Å². The van der Waals surface area contributed by atoms with Crippen molar-refractivity contribution in [1.29, 1.82) is 0 Å².